The first-order valence-electron chi connectivity index (χ1n) is 10.2. The second-order valence-electron chi connectivity index (χ2n) is 8.00. The van der Waals surface area contributed by atoms with E-state index < -0.39 is 41.6 Å². The van der Waals surface area contributed by atoms with Gasteiger partial charge in [0.1, 0.15) is 34.8 Å². The SMILES string of the molecule is CC1(c2cc(F)ccc2F)NC(=O)N(CC(=O)Nc2sc3c(c2C#N)CCCCC3)C1=O. The van der Waals surface area contributed by atoms with E-state index in [2.05, 4.69) is 16.7 Å². The van der Waals surface area contributed by atoms with Gasteiger partial charge in [-0.2, -0.15) is 5.26 Å². The first-order chi connectivity index (χ1) is 15.2. The number of carbonyl (C=O) groups excluding carboxylic acids is 3. The first kappa shape index (κ1) is 21.9. The van der Waals surface area contributed by atoms with Gasteiger partial charge in [-0.15, -0.1) is 11.3 Å². The molecule has 1 saturated heterocycles. The van der Waals surface area contributed by atoms with Crippen LogP contribution in [0.2, 0.25) is 0 Å². The Morgan fingerprint density at radius 3 is 2.78 bits per heavy atom. The van der Waals surface area contributed by atoms with Gasteiger partial charge in [-0.25, -0.2) is 13.6 Å². The Morgan fingerprint density at radius 2 is 2.03 bits per heavy atom. The fraction of sp³-hybridized carbons (Fsp3) is 0.364. The number of nitrogens with zero attached hydrogens (tertiary/aromatic N) is 2. The van der Waals surface area contributed by atoms with Gasteiger partial charge in [0.05, 0.1) is 5.56 Å². The maximum Gasteiger partial charge on any atom is 0.325 e. The van der Waals surface area contributed by atoms with Crippen molar-refractivity contribution in [2.45, 2.75) is 44.6 Å². The van der Waals surface area contributed by atoms with E-state index in [0.29, 0.717) is 15.5 Å². The molecule has 4 rings (SSSR count). The molecule has 2 aliphatic rings. The summed E-state index contributed by atoms with van der Waals surface area (Å²) < 4.78 is 27.9. The van der Waals surface area contributed by atoms with E-state index in [-0.39, 0.29) is 5.56 Å². The molecule has 7 nitrogen and oxygen atoms in total. The Kier molecular flexibility index (Phi) is 5.69. The number of benzene rings is 1. The molecule has 1 fully saturated rings. The molecule has 1 aromatic heterocycles. The van der Waals surface area contributed by atoms with Crippen LogP contribution in [0.25, 0.3) is 0 Å². The number of nitrogens with one attached hydrogen (secondary N) is 2. The zero-order valence-corrected chi connectivity index (χ0v) is 18.1. The highest BCUT2D eigenvalue weighted by Gasteiger charge is 2.51. The summed E-state index contributed by atoms with van der Waals surface area (Å²) in [7, 11) is 0. The Bertz CT molecular complexity index is 1170. The molecule has 0 radical (unpaired) electrons. The van der Waals surface area contributed by atoms with E-state index in [1.807, 2.05) is 0 Å². The minimum absolute atomic E-state index is 0.326. The number of nitriles is 1. The van der Waals surface area contributed by atoms with E-state index in [1.54, 1.807) is 0 Å². The van der Waals surface area contributed by atoms with Crippen molar-refractivity contribution in [3.8, 4) is 6.07 Å². The maximum absolute atomic E-state index is 14.3. The molecule has 0 saturated carbocycles. The van der Waals surface area contributed by atoms with Crippen molar-refractivity contribution in [1.82, 2.24) is 10.2 Å². The largest absolute Gasteiger partial charge is 0.325 e. The molecule has 0 bridgehead atoms. The van der Waals surface area contributed by atoms with E-state index in [4.69, 9.17) is 0 Å². The van der Waals surface area contributed by atoms with Gasteiger partial charge < -0.3 is 10.6 Å². The average Bonchev–Trinajstić information content (AvgIpc) is 3.05. The third-order valence-electron chi connectivity index (χ3n) is 5.83. The molecule has 2 heterocycles. The van der Waals surface area contributed by atoms with Gasteiger partial charge in [0.15, 0.2) is 0 Å². The topological polar surface area (TPSA) is 102 Å². The van der Waals surface area contributed by atoms with Crippen LogP contribution in [0.15, 0.2) is 18.2 Å². The van der Waals surface area contributed by atoms with Crippen molar-refractivity contribution in [2.75, 3.05) is 11.9 Å². The van der Waals surface area contributed by atoms with Gasteiger partial charge in [-0.1, -0.05) is 6.42 Å². The smallest absolute Gasteiger partial charge is 0.319 e. The molecule has 10 heteroatoms. The number of amides is 4. The average molecular weight is 458 g/mol. The van der Waals surface area contributed by atoms with Crippen LogP contribution in [0.4, 0.5) is 18.6 Å². The third-order valence-corrected chi connectivity index (χ3v) is 7.04. The molecular weight excluding hydrogens is 438 g/mol. The van der Waals surface area contributed by atoms with Gasteiger partial charge in [0, 0.05) is 10.4 Å². The molecule has 0 spiro atoms. The summed E-state index contributed by atoms with van der Waals surface area (Å²) in [6.45, 7) is 0.637. The summed E-state index contributed by atoms with van der Waals surface area (Å²) in [5.41, 5.74) is -0.798. The monoisotopic (exact) mass is 458 g/mol. The predicted molar refractivity (Wildman–Crippen MR) is 113 cm³/mol. The second-order valence-corrected chi connectivity index (χ2v) is 9.10. The summed E-state index contributed by atoms with van der Waals surface area (Å²) in [5.74, 6) is -3.15. The lowest BCUT2D eigenvalue weighted by Crippen LogP contribution is -2.42. The highest BCUT2D eigenvalue weighted by Crippen LogP contribution is 2.37. The van der Waals surface area contributed by atoms with Crippen LogP contribution < -0.4 is 10.6 Å². The number of imide groups is 1. The van der Waals surface area contributed by atoms with Crippen LogP contribution in [-0.4, -0.2) is 29.3 Å². The van der Waals surface area contributed by atoms with Crippen LogP contribution in [0.3, 0.4) is 0 Å². The molecule has 1 unspecified atom stereocenters. The Labute approximate surface area is 187 Å². The van der Waals surface area contributed by atoms with Gasteiger partial charge >= 0.3 is 6.03 Å². The van der Waals surface area contributed by atoms with Crippen molar-refractivity contribution in [2.24, 2.45) is 0 Å². The standard InChI is InChI=1S/C22H20F2N4O3S/c1-22(15-9-12(23)7-8-16(15)24)20(30)28(21(31)27-22)11-18(29)26-19-14(10-25)13-5-3-2-4-6-17(13)32-19/h7-9H,2-6,11H2,1H3,(H,26,29)(H,27,31). The fourth-order valence-electron chi connectivity index (χ4n) is 4.16. The van der Waals surface area contributed by atoms with Gasteiger partial charge in [-0.05, 0) is 56.4 Å². The van der Waals surface area contributed by atoms with Crippen molar-refractivity contribution >= 4 is 34.2 Å². The number of fused-ring (bicyclic) bond motifs is 1. The van der Waals surface area contributed by atoms with Gasteiger partial charge in [0.2, 0.25) is 5.91 Å². The summed E-state index contributed by atoms with van der Waals surface area (Å²) >= 11 is 1.34. The Balaban J connectivity index is 1.53. The number of thiophene rings is 1. The van der Waals surface area contributed by atoms with E-state index >= 15 is 0 Å². The normalized spacial score (nSPS) is 20.4. The van der Waals surface area contributed by atoms with Crippen molar-refractivity contribution in [1.29, 1.82) is 5.26 Å². The van der Waals surface area contributed by atoms with Crippen LogP contribution in [0.5, 0.6) is 0 Å². The summed E-state index contributed by atoms with van der Waals surface area (Å²) in [4.78, 5) is 39.7. The minimum Gasteiger partial charge on any atom is -0.319 e. The summed E-state index contributed by atoms with van der Waals surface area (Å²) in [5, 5.41) is 15.0. The molecule has 1 atom stereocenters. The maximum atomic E-state index is 14.3. The van der Waals surface area contributed by atoms with E-state index in [9.17, 15) is 28.4 Å². The van der Waals surface area contributed by atoms with Gasteiger partial charge in [0.25, 0.3) is 5.91 Å². The predicted octanol–water partition coefficient (Wildman–Crippen LogP) is 3.57. The number of carbonyl (C=O) groups is 3. The van der Waals surface area contributed by atoms with E-state index in [1.165, 1.54) is 18.3 Å². The molecule has 4 amide bonds. The fourth-order valence-corrected chi connectivity index (χ4v) is 5.42. The van der Waals surface area contributed by atoms with Crippen LogP contribution in [0, 0.1) is 23.0 Å². The number of halogens is 2. The van der Waals surface area contributed by atoms with E-state index in [0.717, 1.165) is 60.7 Å². The number of rotatable bonds is 4. The van der Waals surface area contributed by atoms with Crippen molar-refractivity contribution in [3.63, 3.8) is 0 Å². The zero-order chi connectivity index (χ0) is 23.0. The molecule has 2 N–H and O–H groups in total. The number of urea groups is 1. The van der Waals surface area contributed by atoms with Gasteiger partial charge in [-0.3, -0.25) is 14.5 Å². The number of aryl methyl sites for hydroxylation is 1. The van der Waals surface area contributed by atoms with Crippen molar-refractivity contribution < 1.29 is 23.2 Å². The lowest BCUT2D eigenvalue weighted by atomic mass is 9.91. The molecule has 2 aromatic rings. The lowest BCUT2D eigenvalue weighted by molar-refractivity contribution is -0.133. The molecular formula is C22H20F2N4O3S. The van der Waals surface area contributed by atoms with Crippen molar-refractivity contribution in [3.05, 3.63) is 51.4 Å². The van der Waals surface area contributed by atoms with Crippen LogP contribution in [-0.2, 0) is 28.0 Å². The first-order valence-corrected chi connectivity index (χ1v) is 11.0. The Hall–Kier alpha value is -3.32. The third kappa shape index (κ3) is 3.73. The number of hydrogen-bond acceptors (Lipinski definition) is 5. The molecule has 1 aliphatic carbocycles. The number of hydrogen-bond donors (Lipinski definition) is 2. The molecule has 1 aliphatic heterocycles. The zero-order valence-electron chi connectivity index (χ0n) is 17.3. The second kappa shape index (κ2) is 8.31. The van der Waals surface area contributed by atoms with Crippen LogP contribution in [0.1, 0.15) is 47.8 Å². The van der Waals surface area contributed by atoms with Crippen LogP contribution >= 0.6 is 11.3 Å². The highest BCUT2D eigenvalue weighted by molar-refractivity contribution is 7.16. The Morgan fingerprint density at radius 1 is 1.28 bits per heavy atom. The number of anilines is 1. The molecule has 166 valence electrons. The summed E-state index contributed by atoms with van der Waals surface area (Å²) in [6, 6.07) is 3.88. The lowest BCUT2D eigenvalue weighted by Gasteiger charge is -2.22. The minimum atomic E-state index is -1.85. The highest BCUT2D eigenvalue weighted by atomic mass is 32.1. The molecule has 1 aromatic carbocycles. The quantitative estimate of drug-likeness (QED) is 0.540. The molecule has 32 heavy (non-hydrogen) atoms. The summed E-state index contributed by atoms with van der Waals surface area (Å²) in [6.07, 6.45) is 4.70.